The summed E-state index contributed by atoms with van der Waals surface area (Å²) in [7, 11) is 0. The molecule has 6 heteroatoms. The summed E-state index contributed by atoms with van der Waals surface area (Å²) < 4.78 is 5.70. The highest BCUT2D eigenvalue weighted by atomic mass is 16.5. The van der Waals surface area contributed by atoms with Crippen LogP contribution in [-0.4, -0.2) is 42.4 Å². The quantitative estimate of drug-likeness (QED) is 0.104. The highest BCUT2D eigenvalue weighted by Crippen LogP contribution is 2.13. The Hall–Kier alpha value is -1.14. The lowest BCUT2D eigenvalue weighted by atomic mass is 10.0. The third-order valence-electron chi connectivity index (χ3n) is 6.16. The van der Waals surface area contributed by atoms with E-state index >= 15 is 0 Å². The molecule has 0 aromatic heterocycles. The van der Waals surface area contributed by atoms with Gasteiger partial charge < -0.3 is 15.2 Å². The Morgan fingerprint density at radius 2 is 1.21 bits per heavy atom. The van der Waals surface area contributed by atoms with Gasteiger partial charge in [0, 0.05) is 6.61 Å². The number of carboxylic acid groups (broad SMARTS) is 1. The van der Waals surface area contributed by atoms with E-state index in [0.717, 1.165) is 38.5 Å². The minimum atomic E-state index is -0.885. The fourth-order valence-electron chi connectivity index (χ4n) is 3.96. The van der Waals surface area contributed by atoms with Crippen molar-refractivity contribution in [3.05, 3.63) is 0 Å². The van der Waals surface area contributed by atoms with Gasteiger partial charge in [-0.05, 0) is 19.3 Å². The van der Waals surface area contributed by atoms with Crippen molar-refractivity contribution in [2.75, 3.05) is 13.2 Å². The molecular weight excluding hydrogens is 416 g/mol. The van der Waals surface area contributed by atoms with Gasteiger partial charge in [0.05, 0.1) is 6.54 Å². The van der Waals surface area contributed by atoms with E-state index in [4.69, 9.17) is 4.74 Å². The second-order valence-electron chi connectivity index (χ2n) is 9.35. The van der Waals surface area contributed by atoms with Crippen molar-refractivity contribution in [2.45, 2.75) is 149 Å². The van der Waals surface area contributed by atoms with Gasteiger partial charge in [0.25, 0.3) is 0 Å². The van der Waals surface area contributed by atoms with E-state index < -0.39 is 12.0 Å². The molecule has 0 aliphatic carbocycles. The number of unbranched alkanes of at least 4 members (excludes halogenated alkanes) is 14. The molecule has 0 aliphatic rings. The van der Waals surface area contributed by atoms with E-state index in [9.17, 15) is 14.7 Å². The second-order valence-corrected chi connectivity index (χ2v) is 9.35. The summed E-state index contributed by atoms with van der Waals surface area (Å²) in [5.41, 5.74) is 0. The molecule has 2 atom stereocenters. The third kappa shape index (κ3) is 21.2. The molecule has 6 nitrogen and oxygen atoms in total. The van der Waals surface area contributed by atoms with Crippen LogP contribution < -0.4 is 10.6 Å². The smallest absolute Gasteiger partial charge is 0.320 e. The van der Waals surface area contributed by atoms with Gasteiger partial charge in [0.2, 0.25) is 5.91 Å². The Labute approximate surface area is 204 Å². The van der Waals surface area contributed by atoms with Gasteiger partial charge in [0.15, 0.2) is 0 Å². The van der Waals surface area contributed by atoms with E-state index in [-0.39, 0.29) is 18.7 Å². The van der Waals surface area contributed by atoms with E-state index in [1.165, 1.54) is 64.2 Å². The molecule has 0 aromatic carbocycles. The number of hydrogen-bond acceptors (Lipinski definition) is 4. The second kappa shape index (κ2) is 24.0. The molecule has 0 saturated carbocycles. The fourth-order valence-corrected chi connectivity index (χ4v) is 3.96. The molecule has 0 aliphatic heterocycles. The SMILES string of the molecule is CCCCCCCCCCCCCCCC(NCC(=O)NC(CC)OCCCCC)C(=O)O. The Kier molecular flexibility index (Phi) is 23.2. The van der Waals surface area contributed by atoms with Crippen LogP contribution in [0.2, 0.25) is 0 Å². The lowest BCUT2D eigenvalue weighted by Crippen LogP contribution is -2.46. The van der Waals surface area contributed by atoms with Crippen LogP contribution in [0.25, 0.3) is 0 Å². The van der Waals surface area contributed by atoms with Crippen molar-refractivity contribution in [2.24, 2.45) is 0 Å². The van der Waals surface area contributed by atoms with Crippen molar-refractivity contribution in [3.8, 4) is 0 Å². The number of carboxylic acids is 1. The average Bonchev–Trinajstić information content (AvgIpc) is 2.80. The molecule has 0 aromatic rings. The molecule has 0 spiro atoms. The predicted molar refractivity (Wildman–Crippen MR) is 137 cm³/mol. The summed E-state index contributed by atoms with van der Waals surface area (Å²) in [6, 6.07) is -0.672. The molecule has 0 saturated heterocycles. The normalized spacial score (nSPS) is 13.1. The van der Waals surface area contributed by atoms with Crippen LogP contribution in [0.4, 0.5) is 0 Å². The van der Waals surface area contributed by atoms with Crippen molar-refractivity contribution >= 4 is 11.9 Å². The molecule has 0 heterocycles. The van der Waals surface area contributed by atoms with Gasteiger partial charge in [-0.3, -0.25) is 14.9 Å². The number of ether oxygens (including phenoxy) is 1. The summed E-state index contributed by atoms with van der Waals surface area (Å²) in [5, 5.41) is 15.2. The molecule has 2 unspecified atom stereocenters. The first-order valence-electron chi connectivity index (χ1n) is 13.9. The molecular formula is C27H54N2O4. The Bertz CT molecular complexity index is 459. The van der Waals surface area contributed by atoms with Gasteiger partial charge in [-0.15, -0.1) is 0 Å². The highest BCUT2D eigenvalue weighted by Gasteiger charge is 2.18. The van der Waals surface area contributed by atoms with Crippen LogP contribution in [0.15, 0.2) is 0 Å². The third-order valence-corrected chi connectivity index (χ3v) is 6.16. The number of rotatable bonds is 25. The highest BCUT2D eigenvalue weighted by molar-refractivity contribution is 5.80. The van der Waals surface area contributed by atoms with Crippen LogP contribution >= 0.6 is 0 Å². The molecule has 0 rings (SSSR count). The number of amides is 1. The van der Waals surface area contributed by atoms with Crippen molar-refractivity contribution in [3.63, 3.8) is 0 Å². The summed E-state index contributed by atoms with van der Waals surface area (Å²) in [5.74, 6) is -1.10. The first-order valence-corrected chi connectivity index (χ1v) is 13.9. The maximum atomic E-state index is 12.2. The monoisotopic (exact) mass is 470 g/mol. The van der Waals surface area contributed by atoms with E-state index in [0.29, 0.717) is 19.4 Å². The lowest BCUT2D eigenvalue weighted by molar-refractivity contribution is -0.139. The predicted octanol–water partition coefficient (Wildman–Crippen LogP) is 6.57. The zero-order valence-electron chi connectivity index (χ0n) is 22.0. The number of nitrogens with one attached hydrogen (secondary N) is 2. The Morgan fingerprint density at radius 3 is 1.70 bits per heavy atom. The first-order chi connectivity index (χ1) is 16.0. The molecule has 0 radical (unpaired) electrons. The largest absolute Gasteiger partial charge is 0.480 e. The topological polar surface area (TPSA) is 87.7 Å². The zero-order valence-corrected chi connectivity index (χ0v) is 22.0. The summed E-state index contributed by atoms with van der Waals surface area (Å²) in [4.78, 5) is 23.7. The van der Waals surface area contributed by atoms with Crippen LogP contribution in [-0.2, 0) is 14.3 Å². The molecule has 33 heavy (non-hydrogen) atoms. The van der Waals surface area contributed by atoms with E-state index in [2.05, 4.69) is 24.5 Å². The number of aliphatic carboxylic acids is 1. The van der Waals surface area contributed by atoms with E-state index in [1.54, 1.807) is 0 Å². The van der Waals surface area contributed by atoms with Crippen LogP contribution in [0.1, 0.15) is 136 Å². The summed E-state index contributed by atoms with van der Waals surface area (Å²) in [6.07, 6.45) is 20.7. The number of carbonyl (C=O) groups excluding carboxylic acids is 1. The van der Waals surface area contributed by atoms with Crippen molar-refractivity contribution in [1.82, 2.24) is 10.6 Å². The Balaban J connectivity index is 3.79. The van der Waals surface area contributed by atoms with Gasteiger partial charge in [-0.25, -0.2) is 0 Å². The standard InChI is InChI=1S/C27H54N2O4/c1-4-7-9-10-11-12-13-14-15-16-17-18-19-21-24(27(31)32)28-23-25(30)29-26(6-3)33-22-20-8-5-2/h24,26,28H,4-23H2,1-3H3,(H,29,30)(H,31,32). The summed E-state index contributed by atoms with van der Waals surface area (Å²) >= 11 is 0. The minimum Gasteiger partial charge on any atom is -0.480 e. The van der Waals surface area contributed by atoms with Gasteiger partial charge in [-0.2, -0.15) is 0 Å². The zero-order chi connectivity index (χ0) is 24.6. The Morgan fingerprint density at radius 1 is 0.727 bits per heavy atom. The van der Waals surface area contributed by atoms with Crippen molar-refractivity contribution in [1.29, 1.82) is 0 Å². The molecule has 1 amide bonds. The van der Waals surface area contributed by atoms with Gasteiger partial charge in [0.1, 0.15) is 12.3 Å². The fraction of sp³-hybridized carbons (Fsp3) is 0.926. The maximum absolute atomic E-state index is 12.2. The van der Waals surface area contributed by atoms with Crippen LogP contribution in [0.5, 0.6) is 0 Å². The lowest BCUT2D eigenvalue weighted by Gasteiger charge is -2.19. The average molecular weight is 471 g/mol. The molecule has 3 N–H and O–H groups in total. The maximum Gasteiger partial charge on any atom is 0.320 e. The number of hydrogen-bond donors (Lipinski definition) is 3. The van der Waals surface area contributed by atoms with Crippen LogP contribution in [0, 0.1) is 0 Å². The molecule has 196 valence electrons. The first kappa shape index (κ1) is 31.9. The molecule has 0 bridgehead atoms. The minimum absolute atomic E-state index is 0.00420. The van der Waals surface area contributed by atoms with Crippen LogP contribution in [0.3, 0.4) is 0 Å². The molecule has 0 fully saturated rings. The number of carbonyl (C=O) groups is 2. The van der Waals surface area contributed by atoms with Crippen molar-refractivity contribution < 1.29 is 19.4 Å². The summed E-state index contributed by atoms with van der Waals surface area (Å²) in [6.45, 7) is 7.00. The van der Waals surface area contributed by atoms with Gasteiger partial charge >= 0.3 is 5.97 Å². The van der Waals surface area contributed by atoms with E-state index in [1.807, 2.05) is 6.92 Å². The van der Waals surface area contributed by atoms with Gasteiger partial charge in [-0.1, -0.05) is 117 Å².